The average molecular weight is 603 g/mol. The van der Waals surface area contributed by atoms with Gasteiger partial charge in [0.05, 0.1) is 12.7 Å². The third-order valence-corrected chi connectivity index (χ3v) is 13.0. The van der Waals surface area contributed by atoms with Crippen LogP contribution in [0, 0.1) is 52.3 Å². The number of allylic oxidation sites excluding steroid dienone is 6. The molecule has 0 radical (unpaired) electrons. The SMILES string of the molecule is CC(C)C(C)C(C(O)[C@@H](C)[C@H]1CCC2=C3C=CC4=CC(C=O)CC[C@]4(C)[C@H]3CC[C@@]21C)C1(O)O[C@H](CO)[C@@H](O)[C@H](O)[C@H]1O. The average Bonchev–Trinajstić information content (AvgIpc) is 3.34. The van der Waals surface area contributed by atoms with Crippen molar-refractivity contribution in [3.8, 4) is 0 Å². The van der Waals surface area contributed by atoms with Crippen LogP contribution >= 0.6 is 0 Å². The highest BCUT2D eigenvalue weighted by molar-refractivity contribution is 5.60. The molecule has 0 spiro atoms. The van der Waals surface area contributed by atoms with Crippen LogP contribution in [0.5, 0.6) is 0 Å². The van der Waals surface area contributed by atoms with E-state index in [1.165, 1.54) is 16.7 Å². The van der Waals surface area contributed by atoms with Crippen LogP contribution in [0.1, 0.15) is 80.1 Å². The lowest BCUT2D eigenvalue weighted by Gasteiger charge is -2.54. The van der Waals surface area contributed by atoms with Gasteiger partial charge in [-0.25, -0.2) is 0 Å². The summed E-state index contributed by atoms with van der Waals surface area (Å²) in [7, 11) is 0. The van der Waals surface area contributed by atoms with Gasteiger partial charge in [-0.05, 0) is 90.1 Å². The topological polar surface area (TPSA) is 148 Å². The van der Waals surface area contributed by atoms with Crippen LogP contribution in [0.2, 0.25) is 0 Å². The molecule has 1 saturated carbocycles. The third kappa shape index (κ3) is 5.04. The Bertz CT molecular complexity index is 1160. The molecule has 1 heterocycles. The zero-order chi connectivity index (χ0) is 31.6. The maximum Gasteiger partial charge on any atom is 0.200 e. The molecule has 0 bridgehead atoms. The number of hydrogen-bond acceptors (Lipinski definition) is 8. The second-order valence-corrected chi connectivity index (χ2v) is 15.3. The van der Waals surface area contributed by atoms with Crippen LogP contribution < -0.4 is 0 Å². The lowest BCUT2D eigenvalue weighted by Crippen LogP contribution is -2.70. The Morgan fingerprint density at radius 3 is 2.30 bits per heavy atom. The molecule has 0 aromatic carbocycles. The summed E-state index contributed by atoms with van der Waals surface area (Å²) in [4.78, 5) is 11.5. The van der Waals surface area contributed by atoms with E-state index in [9.17, 15) is 35.4 Å². The molecule has 8 nitrogen and oxygen atoms in total. The molecule has 0 aromatic heterocycles. The minimum absolute atomic E-state index is 0.000188. The summed E-state index contributed by atoms with van der Waals surface area (Å²) in [6, 6.07) is 0. The number of aldehydes is 1. The van der Waals surface area contributed by atoms with E-state index in [0.717, 1.165) is 44.8 Å². The van der Waals surface area contributed by atoms with Crippen molar-refractivity contribution in [2.45, 2.75) is 116 Å². The van der Waals surface area contributed by atoms with Crippen LogP contribution in [0.4, 0.5) is 0 Å². The van der Waals surface area contributed by atoms with E-state index >= 15 is 0 Å². The summed E-state index contributed by atoms with van der Waals surface area (Å²) in [6.07, 6.45) is 5.88. The molecule has 5 rings (SSSR count). The van der Waals surface area contributed by atoms with Crippen LogP contribution in [0.3, 0.4) is 0 Å². The van der Waals surface area contributed by atoms with Crippen LogP contribution in [0.25, 0.3) is 0 Å². The molecule has 8 heteroatoms. The van der Waals surface area contributed by atoms with Crippen molar-refractivity contribution in [2.75, 3.05) is 6.61 Å². The summed E-state index contributed by atoms with van der Waals surface area (Å²) in [5, 5.41) is 66.0. The number of rotatable bonds is 8. The van der Waals surface area contributed by atoms with Crippen LogP contribution in [-0.2, 0) is 9.53 Å². The number of aliphatic hydroxyl groups is 6. The molecule has 1 aliphatic heterocycles. The highest BCUT2D eigenvalue weighted by atomic mass is 16.7. The minimum atomic E-state index is -2.37. The van der Waals surface area contributed by atoms with Crippen molar-refractivity contribution in [3.05, 3.63) is 34.9 Å². The molecule has 242 valence electrons. The smallest absolute Gasteiger partial charge is 0.200 e. The molecule has 43 heavy (non-hydrogen) atoms. The van der Waals surface area contributed by atoms with Gasteiger partial charge in [0.25, 0.3) is 0 Å². The van der Waals surface area contributed by atoms with E-state index in [4.69, 9.17) is 4.74 Å². The molecule has 5 aliphatic rings. The van der Waals surface area contributed by atoms with Crippen molar-refractivity contribution < 1.29 is 40.2 Å². The third-order valence-electron chi connectivity index (χ3n) is 13.0. The number of aliphatic hydroxyl groups excluding tert-OH is 5. The van der Waals surface area contributed by atoms with E-state index in [2.05, 4.69) is 32.1 Å². The lowest BCUT2D eigenvalue weighted by molar-refractivity contribution is -0.383. The Kier molecular flexibility index (Phi) is 9.02. The van der Waals surface area contributed by atoms with Crippen LogP contribution in [-0.4, -0.2) is 79.8 Å². The highest BCUT2D eigenvalue weighted by Gasteiger charge is 2.61. The van der Waals surface area contributed by atoms with Gasteiger partial charge in [-0.15, -0.1) is 0 Å². The standard InChI is InChI=1S/C35H54O8/c1-18(2)19(3)28(35(42)32(41)31(40)30(39)27(17-37)43-35)29(38)20(4)24-9-10-25-23-8-7-22-15-21(16-36)11-13-33(22,5)26(23)12-14-34(24,25)6/h7-8,15-16,18-21,24,26-32,37-42H,9-14,17H2,1-6H3/t19?,20-,21?,24+,26-,27+,28?,29?,30+,31-,32+,33-,34+,35?/m0/s1. The molecular formula is C35H54O8. The molecule has 1 saturated heterocycles. The van der Waals surface area contributed by atoms with Crippen molar-refractivity contribution in [1.29, 1.82) is 0 Å². The number of hydrogen-bond donors (Lipinski definition) is 6. The monoisotopic (exact) mass is 602 g/mol. The van der Waals surface area contributed by atoms with E-state index in [0.29, 0.717) is 5.92 Å². The fraction of sp³-hybridized carbons (Fsp3) is 0.800. The van der Waals surface area contributed by atoms with Gasteiger partial charge in [0, 0.05) is 11.8 Å². The van der Waals surface area contributed by atoms with E-state index < -0.39 is 48.8 Å². The Labute approximate surface area is 256 Å². The molecular weight excluding hydrogens is 548 g/mol. The Morgan fingerprint density at radius 1 is 1.00 bits per heavy atom. The van der Waals surface area contributed by atoms with Crippen molar-refractivity contribution >= 4 is 6.29 Å². The predicted molar refractivity (Wildman–Crippen MR) is 162 cm³/mol. The maximum absolute atomic E-state index is 12.2. The van der Waals surface area contributed by atoms with Gasteiger partial charge in [-0.2, -0.15) is 0 Å². The normalized spacial score (nSPS) is 45.5. The molecule has 0 aromatic rings. The van der Waals surface area contributed by atoms with Crippen LogP contribution in [0.15, 0.2) is 34.9 Å². The predicted octanol–water partition coefficient (Wildman–Crippen LogP) is 3.29. The van der Waals surface area contributed by atoms with Crippen molar-refractivity contribution in [3.63, 3.8) is 0 Å². The van der Waals surface area contributed by atoms with Gasteiger partial charge in [0.2, 0.25) is 5.79 Å². The zero-order valence-electron chi connectivity index (χ0n) is 26.7. The van der Waals surface area contributed by atoms with Crippen molar-refractivity contribution in [2.24, 2.45) is 52.3 Å². The number of carbonyl (C=O) groups excluding carboxylic acids is 1. The number of ether oxygens (including phenoxy) is 1. The molecule has 6 N–H and O–H groups in total. The van der Waals surface area contributed by atoms with E-state index in [-0.39, 0.29) is 40.4 Å². The largest absolute Gasteiger partial charge is 0.394 e. The van der Waals surface area contributed by atoms with E-state index in [1.807, 2.05) is 27.7 Å². The summed E-state index contributed by atoms with van der Waals surface area (Å²) in [6.45, 7) is 11.9. The molecule has 2 fully saturated rings. The minimum Gasteiger partial charge on any atom is -0.394 e. The maximum atomic E-state index is 12.2. The Balaban J connectivity index is 1.48. The molecule has 5 unspecified atom stereocenters. The molecule has 14 atom stereocenters. The van der Waals surface area contributed by atoms with Gasteiger partial charge < -0.3 is 40.2 Å². The first-order chi connectivity index (χ1) is 20.1. The van der Waals surface area contributed by atoms with E-state index in [1.54, 1.807) is 0 Å². The van der Waals surface area contributed by atoms with Gasteiger partial charge in [-0.3, -0.25) is 0 Å². The van der Waals surface area contributed by atoms with Crippen molar-refractivity contribution in [1.82, 2.24) is 0 Å². The number of carbonyl (C=O) groups is 1. The number of fused-ring (bicyclic) bond motifs is 4. The van der Waals surface area contributed by atoms with Gasteiger partial charge in [-0.1, -0.05) is 65.3 Å². The fourth-order valence-electron chi connectivity index (χ4n) is 9.86. The summed E-state index contributed by atoms with van der Waals surface area (Å²) in [5.74, 6) is -3.44. The first kappa shape index (κ1) is 33.0. The fourth-order valence-corrected chi connectivity index (χ4v) is 9.86. The van der Waals surface area contributed by atoms with Gasteiger partial charge >= 0.3 is 0 Å². The zero-order valence-corrected chi connectivity index (χ0v) is 26.7. The quantitative estimate of drug-likeness (QED) is 0.232. The molecule has 4 aliphatic carbocycles. The second kappa shape index (κ2) is 11.8. The summed E-state index contributed by atoms with van der Waals surface area (Å²) < 4.78 is 5.80. The highest BCUT2D eigenvalue weighted by Crippen LogP contribution is 2.64. The first-order valence-corrected chi connectivity index (χ1v) is 16.5. The second-order valence-electron chi connectivity index (χ2n) is 15.3. The Morgan fingerprint density at radius 2 is 1.67 bits per heavy atom. The molecule has 0 amide bonds. The summed E-state index contributed by atoms with van der Waals surface area (Å²) in [5.41, 5.74) is 4.04. The summed E-state index contributed by atoms with van der Waals surface area (Å²) >= 11 is 0. The lowest BCUT2D eigenvalue weighted by atomic mass is 9.52. The first-order valence-electron chi connectivity index (χ1n) is 16.5. The van der Waals surface area contributed by atoms with Gasteiger partial charge in [0.1, 0.15) is 30.7 Å². The Hall–Kier alpha value is -1.39. The van der Waals surface area contributed by atoms with Gasteiger partial charge in [0.15, 0.2) is 0 Å².